The molecule has 74 valence electrons. The molecule has 0 aliphatic carbocycles. The average molecular weight is 206 g/mol. The fourth-order valence-electron chi connectivity index (χ4n) is 1.01. The second kappa shape index (κ2) is 4.43. The number of halogens is 1. The molecule has 0 nitrogen and oxygen atoms in total. The third kappa shape index (κ3) is 4.24. The van der Waals surface area contributed by atoms with Gasteiger partial charge in [-0.3, -0.25) is 0 Å². The summed E-state index contributed by atoms with van der Waals surface area (Å²) in [5.74, 6) is 2.96. The molecule has 0 heterocycles. The Hall–Kier alpha value is -1.07. The van der Waals surface area contributed by atoms with Crippen LogP contribution in [0.25, 0.3) is 0 Å². The second-order valence-electron chi connectivity index (χ2n) is 4.36. The molecule has 0 aliphatic rings. The van der Waals surface area contributed by atoms with E-state index in [0.29, 0.717) is 0 Å². The van der Waals surface area contributed by atoms with Gasteiger partial charge in [-0.25, -0.2) is 4.39 Å². The van der Waals surface area contributed by atoms with Crippen LogP contribution in [0.2, 0.25) is 19.6 Å². The zero-order chi connectivity index (χ0) is 10.6. The monoisotopic (exact) mass is 206 g/mol. The third-order valence-corrected chi connectivity index (χ3v) is 2.60. The van der Waals surface area contributed by atoms with Crippen LogP contribution in [0, 0.1) is 17.3 Å². The maximum atomic E-state index is 12.6. The van der Waals surface area contributed by atoms with Crippen molar-refractivity contribution in [1.29, 1.82) is 0 Å². The van der Waals surface area contributed by atoms with E-state index in [-0.39, 0.29) is 5.82 Å². The lowest BCUT2D eigenvalue weighted by Gasteiger charge is -2.03. The summed E-state index contributed by atoms with van der Waals surface area (Å²) in [5, 5.41) is 0. The minimum atomic E-state index is -1.26. The van der Waals surface area contributed by atoms with E-state index in [1.807, 2.05) is 0 Å². The molecule has 14 heavy (non-hydrogen) atoms. The van der Waals surface area contributed by atoms with Crippen LogP contribution in [0.15, 0.2) is 24.3 Å². The summed E-state index contributed by atoms with van der Waals surface area (Å²) in [7, 11) is -1.26. The van der Waals surface area contributed by atoms with Gasteiger partial charge in [0.05, 0.1) is 0 Å². The van der Waals surface area contributed by atoms with Crippen molar-refractivity contribution >= 4 is 8.07 Å². The van der Waals surface area contributed by atoms with Crippen molar-refractivity contribution < 1.29 is 4.39 Å². The molecule has 2 heteroatoms. The summed E-state index contributed by atoms with van der Waals surface area (Å²) >= 11 is 0. The van der Waals surface area contributed by atoms with Gasteiger partial charge in [-0.15, -0.1) is 11.5 Å². The van der Waals surface area contributed by atoms with Gasteiger partial charge in [-0.1, -0.05) is 31.8 Å². The predicted octanol–water partition coefficient (Wildman–Crippen LogP) is 3.25. The van der Waals surface area contributed by atoms with E-state index in [2.05, 4.69) is 31.1 Å². The maximum Gasteiger partial charge on any atom is 0.129 e. The number of hydrogen-bond acceptors (Lipinski definition) is 0. The van der Waals surface area contributed by atoms with E-state index in [9.17, 15) is 4.39 Å². The molecule has 0 spiro atoms. The molecule has 0 fully saturated rings. The van der Waals surface area contributed by atoms with Crippen LogP contribution in [0.3, 0.4) is 0 Å². The van der Waals surface area contributed by atoms with Crippen molar-refractivity contribution in [2.24, 2.45) is 0 Å². The molecule has 0 bridgehead atoms. The highest BCUT2D eigenvalue weighted by molar-refractivity contribution is 6.83. The SMILES string of the molecule is C[Si](C)(C)C#CCc1ccc(F)cc1. The van der Waals surface area contributed by atoms with Crippen LogP contribution in [-0.4, -0.2) is 8.07 Å². The van der Waals surface area contributed by atoms with Crippen molar-refractivity contribution in [3.63, 3.8) is 0 Å². The highest BCUT2D eigenvalue weighted by atomic mass is 28.3. The van der Waals surface area contributed by atoms with E-state index >= 15 is 0 Å². The van der Waals surface area contributed by atoms with Crippen LogP contribution >= 0.6 is 0 Å². The number of benzene rings is 1. The molecule has 0 saturated heterocycles. The smallest absolute Gasteiger partial charge is 0.129 e. The highest BCUT2D eigenvalue weighted by Crippen LogP contribution is 2.03. The minimum absolute atomic E-state index is 0.188. The molecule has 0 unspecified atom stereocenters. The van der Waals surface area contributed by atoms with Gasteiger partial charge in [0.1, 0.15) is 13.9 Å². The minimum Gasteiger partial charge on any atom is -0.207 e. The summed E-state index contributed by atoms with van der Waals surface area (Å²) in [6, 6.07) is 6.53. The lowest BCUT2D eigenvalue weighted by Crippen LogP contribution is -2.16. The van der Waals surface area contributed by atoms with Gasteiger partial charge in [-0.05, 0) is 17.7 Å². The van der Waals surface area contributed by atoms with E-state index in [1.165, 1.54) is 12.1 Å². The van der Waals surface area contributed by atoms with Gasteiger partial charge in [0.15, 0.2) is 0 Å². The van der Waals surface area contributed by atoms with Gasteiger partial charge >= 0.3 is 0 Å². The summed E-state index contributed by atoms with van der Waals surface area (Å²) in [4.78, 5) is 0. The molecule has 1 aromatic rings. The first-order valence-electron chi connectivity index (χ1n) is 4.72. The van der Waals surface area contributed by atoms with Gasteiger partial charge in [0.25, 0.3) is 0 Å². The molecular weight excluding hydrogens is 191 g/mol. The van der Waals surface area contributed by atoms with Gasteiger partial charge in [0, 0.05) is 6.42 Å². The molecular formula is C12H15FSi. The van der Waals surface area contributed by atoms with Gasteiger partial charge in [-0.2, -0.15) is 0 Å². The summed E-state index contributed by atoms with van der Waals surface area (Å²) < 4.78 is 12.6. The molecule has 0 N–H and O–H groups in total. The lowest BCUT2D eigenvalue weighted by atomic mass is 10.2. The molecule has 0 amide bonds. The molecule has 0 saturated carbocycles. The Bertz CT molecular complexity index is 349. The van der Waals surface area contributed by atoms with Crippen molar-refractivity contribution in [2.75, 3.05) is 0 Å². The molecule has 0 aliphatic heterocycles. The zero-order valence-corrected chi connectivity index (χ0v) is 9.89. The first kappa shape index (κ1) is 11.0. The van der Waals surface area contributed by atoms with Crippen LogP contribution in [0.4, 0.5) is 4.39 Å². The van der Waals surface area contributed by atoms with Crippen molar-refractivity contribution in [3.8, 4) is 11.5 Å². The third-order valence-electron chi connectivity index (χ3n) is 1.67. The van der Waals surface area contributed by atoms with Crippen LogP contribution < -0.4 is 0 Å². The van der Waals surface area contributed by atoms with E-state index < -0.39 is 8.07 Å². The summed E-state index contributed by atoms with van der Waals surface area (Å²) in [6.07, 6.45) is 0.727. The Morgan fingerprint density at radius 3 is 2.21 bits per heavy atom. The highest BCUT2D eigenvalue weighted by Gasteiger charge is 2.06. The number of rotatable bonds is 1. The van der Waals surface area contributed by atoms with Crippen LogP contribution in [0.1, 0.15) is 5.56 Å². The lowest BCUT2D eigenvalue weighted by molar-refractivity contribution is 0.627. The Kier molecular flexibility index (Phi) is 3.48. The van der Waals surface area contributed by atoms with Gasteiger partial charge in [0.2, 0.25) is 0 Å². The first-order valence-corrected chi connectivity index (χ1v) is 8.22. The van der Waals surface area contributed by atoms with Gasteiger partial charge < -0.3 is 0 Å². The number of hydrogen-bond donors (Lipinski definition) is 0. The van der Waals surface area contributed by atoms with E-state index in [4.69, 9.17) is 0 Å². The molecule has 1 rings (SSSR count). The fraction of sp³-hybridized carbons (Fsp3) is 0.333. The Morgan fingerprint density at radius 2 is 1.71 bits per heavy atom. The summed E-state index contributed by atoms with van der Waals surface area (Å²) in [5.41, 5.74) is 4.36. The quantitative estimate of drug-likeness (QED) is 0.489. The Balaban J connectivity index is 2.61. The standard InChI is InChI=1S/C12H15FSi/c1-14(2,3)10-4-5-11-6-8-12(13)9-7-11/h6-9H,5H2,1-3H3. The largest absolute Gasteiger partial charge is 0.207 e. The van der Waals surface area contributed by atoms with E-state index in [0.717, 1.165) is 12.0 Å². The van der Waals surface area contributed by atoms with Crippen LogP contribution in [0.5, 0.6) is 0 Å². The molecule has 0 aromatic heterocycles. The van der Waals surface area contributed by atoms with E-state index in [1.54, 1.807) is 12.1 Å². The normalized spacial score (nSPS) is 10.6. The fourth-order valence-corrected chi connectivity index (χ4v) is 1.63. The Morgan fingerprint density at radius 1 is 1.14 bits per heavy atom. The topological polar surface area (TPSA) is 0 Å². The molecule has 0 atom stereocenters. The summed E-state index contributed by atoms with van der Waals surface area (Å²) in [6.45, 7) is 6.64. The molecule has 0 radical (unpaired) electrons. The maximum absolute atomic E-state index is 12.6. The van der Waals surface area contributed by atoms with Crippen molar-refractivity contribution in [2.45, 2.75) is 26.1 Å². The average Bonchev–Trinajstić information content (AvgIpc) is 2.06. The Labute approximate surface area is 86.2 Å². The zero-order valence-electron chi connectivity index (χ0n) is 8.89. The molecule has 1 aromatic carbocycles. The van der Waals surface area contributed by atoms with Crippen LogP contribution in [-0.2, 0) is 6.42 Å². The predicted molar refractivity (Wildman–Crippen MR) is 61.2 cm³/mol. The second-order valence-corrected chi connectivity index (χ2v) is 9.11. The van der Waals surface area contributed by atoms with Crippen molar-refractivity contribution in [3.05, 3.63) is 35.6 Å². The first-order chi connectivity index (χ1) is 6.47. The van der Waals surface area contributed by atoms with Crippen molar-refractivity contribution in [1.82, 2.24) is 0 Å².